The first-order valence-electron chi connectivity index (χ1n) is 9.87. The van der Waals surface area contributed by atoms with Crippen LogP contribution >= 0.6 is 0 Å². The molecule has 2 aliphatic rings. The van der Waals surface area contributed by atoms with Crippen molar-refractivity contribution in [1.82, 2.24) is 0 Å². The molecule has 0 atom stereocenters. The van der Waals surface area contributed by atoms with E-state index in [1.165, 1.54) is 0 Å². The zero-order valence-electron chi connectivity index (χ0n) is 15.6. The molecule has 0 aromatic carbocycles. The van der Waals surface area contributed by atoms with Gasteiger partial charge in [-0.15, -0.1) is 0 Å². The summed E-state index contributed by atoms with van der Waals surface area (Å²) in [6.07, 6.45) is 3.10. The predicted molar refractivity (Wildman–Crippen MR) is 90.7 cm³/mol. The Hall–Kier alpha value is -0.820. The molecule has 2 rings (SSSR count). The van der Waals surface area contributed by atoms with Crippen molar-refractivity contribution in [3.05, 3.63) is 0 Å². The Bertz CT molecular complexity index is 411. The lowest BCUT2D eigenvalue weighted by Gasteiger charge is -2.31. The molecule has 7 heteroatoms. The van der Waals surface area contributed by atoms with E-state index >= 15 is 0 Å². The van der Waals surface area contributed by atoms with Gasteiger partial charge in [0.1, 0.15) is 12.7 Å². The minimum absolute atomic E-state index is 0.0692. The molecule has 0 amide bonds. The molecule has 0 saturated heterocycles. The second-order valence-corrected chi connectivity index (χ2v) is 7.46. The van der Waals surface area contributed by atoms with Crippen LogP contribution in [-0.4, -0.2) is 43.7 Å². The summed E-state index contributed by atoms with van der Waals surface area (Å²) in [5, 5.41) is 0. The number of carbonyl (C=O) groups excluding carboxylic acids is 1. The number of rotatable bonds is 8. The van der Waals surface area contributed by atoms with E-state index in [0.717, 1.165) is 45.1 Å². The summed E-state index contributed by atoms with van der Waals surface area (Å²) in [5.41, 5.74) is 0. The van der Waals surface area contributed by atoms with Crippen LogP contribution in [0.2, 0.25) is 0 Å². The second-order valence-electron chi connectivity index (χ2n) is 7.46. The molecule has 0 aromatic heterocycles. The number of carbonyl (C=O) groups is 1. The van der Waals surface area contributed by atoms with Crippen molar-refractivity contribution in [2.75, 3.05) is 13.2 Å². The molecule has 0 bridgehead atoms. The van der Waals surface area contributed by atoms with Gasteiger partial charge in [0.15, 0.2) is 0 Å². The van der Waals surface area contributed by atoms with Gasteiger partial charge in [-0.2, -0.15) is 13.2 Å². The van der Waals surface area contributed by atoms with E-state index < -0.39 is 12.8 Å². The number of halogens is 3. The molecule has 4 nitrogen and oxygen atoms in total. The van der Waals surface area contributed by atoms with Gasteiger partial charge in [0.05, 0.1) is 18.1 Å². The van der Waals surface area contributed by atoms with Crippen molar-refractivity contribution in [3.63, 3.8) is 0 Å². The van der Waals surface area contributed by atoms with Crippen LogP contribution in [0, 0.1) is 5.92 Å². The monoisotopic (exact) mass is 380 g/mol. The number of hydrogen-bond donors (Lipinski definition) is 0. The molecule has 2 fully saturated rings. The Morgan fingerprint density at radius 2 is 1.42 bits per heavy atom. The van der Waals surface area contributed by atoms with E-state index in [4.69, 9.17) is 14.2 Å². The predicted octanol–water partition coefficient (Wildman–Crippen LogP) is 4.80. The van der Waals surface area contributed by atoms with E-state index in [1.807, 2.05) is 0 Å². The summed E-state index contributed by atoms with van der Waals surface area (Å²) in [5.74, 6) is -0.225. The van der Waals surface area contributed by atoms with Crippen LogP contribution in [0.4, 0.5) is 13.2 Å². The molecule has 0 N–H and O–H groups in total. The highest BCUT2D eigenvalue weighted by atomic mass is 19.4. The van der Waals surface area contributed by atoms with Crippen molar-refractivity contribution < 1.29 is 32.2 Å². The zero-order valence-corrected chi connectivity index (χ0v) is 15.6. The second kappa shape index (κ2) is 10.5. The molecule has 2 saturated carbocycles. The van der Waals surface area contributed by atoms with E-state index in [9.17, 15) is 18.0 Å². The van der Waals surface area contributed by atoms with Gasteiger partial charge >= 0.3 is 12.1 Å². The van der Waals surface area contributed by atoms with Crippen LogP contribution in [0.25, 0.3) is 0 Å². The van der Waals surface area contributed by atoms with Crippen molar-refractivity contribution in [2.24, 2.45) is 5.92 Å². The highest BCUT2D eigenvalue weighted by Gasteiger charge is 2.33. The molecule has 2 aliphatic carbocycles. The maximum Gasteiger partial charge on any atom is 0.411 e. The minimum Gasteiger partial charge on any atom is -0.462 e. The zero-order chi connectivity index (χ0) is 19.0. The highest BCUT2D eigenvalue weighted by Crippen LogP contribution is 2.30. The Morgan fingerprint density at radius 3 is 2.00 bits per heavy atom. The fourth-order valence-corrected chi connectivity index (χ4v) is 3.65. The molecule has 152 valence electrons. The molecule has 0 aliphatic heterocycles. The molecule has 0 spiro atoms. The van der Waals surface area contributed by atoms with E-state index in [-0.39, 0.29) is 30.2 Å². The van der Waals surface area contributed by atoms with Crippen molar-refractivity contribution in [1.29, 1.82) is 0 Å². The minimum atomic E-state index is -4.29. The average Bonchev–Trinajstić information content (AvgIpc) is 2.61. The van der Waals surface area contributed by atoms with Crippen LogP contribution in [0.15, 0.2) is 0 Å². The normalized spacial score (nSPS) is 30.2. The lowest BCUT2D eigenvalue weighted by Crippen LogP contribution is -2.33. The summed E-state index contributed by atoms with van der Waals surface area (Å²) < 4.78 is 52.8. The lowest BCUT2D eigenvalue weighted by molar-refractivity contribution is -0.190. The number of unbranched alkanes of at least 4 members (excludes halogenated alkanes) is 1. The first kappa shape index (κ1) is 21.5. The number of hydrogen-bond acceptors (Lipinski definition) is 4. The smallest absolute Gasteiger partial charge is 0.411 e. The summed E-state index contributed by atoms with van der Waals surface area (Å²) in [6, 6.07) is 0. The largest absolute Gasteiger partial charge is 0.462 e. The highest BCUT2D eigenvalue weighted by molar-refractivity contribution is 5.72. The SMILES string of the molecule is CCCCOC1CCC(C(=O)OC2CCC(OCC(F)(F)F)CC2)CC1. The standard InChI is InChI=1S/C19H31F3O4/c1-2-3-12-24-15-6-4-14(5-7-15)18(23)26-17-10-8-16(9-11-17)25-13-19(20,21)22/h14-17H,2-13H2,1H3. The molecule has 0 heterocycles. The van der Waals surface area contributed by atoms with Crippen molar-refractivity contribution in [3.8, 4) is 0 Å². The average molecular weight is 380 g/mol. The molecular weight excluding hydrogens is 349 g/mol. The topological polar surface area (TPSA) is 44.8 Å². The number of alkyl halides is 3. The van der Waals surface area contributed by atoms with Gasteiger partial charge in [0.2, 0.25) is 0 Å². The van der Waals surface area contributed by atoms with E-state index in [0.29, 0.717) is 25.7 Å². The summed E-state index contributed by atoms with van der Waals surface area (Å²) in [7, 11) is 0. The van der Waals surface area contributed by atoms with Gasteiger partial charge in [0, 0.05) is 6.61 Å². The summed E-state index contributed by atoms with van der Waals surface area (Å²) in [4.78, 5) is 12.3. The molecular formula is C19H31F3O4. The Morgan fingerprint density at radius 1 is 0.885 bits per heavy atom. The molecule has 26 heavy (non-hydrogen) atoms. The third-order valence-electron chi connectivity index (χ3n) is 5.25. The number of ether oxygens (including phenoxy) is 3. The quantitative estimate of drug-likeness (QED) is 0.448. The van der Waals surface area contributed by atoms with Crippen LogP contribution in [0.1, 0.15) is 71.1 Å². The van der Waals surface area contributed by atoms with E-state index in [1.54, 1.807) is 0 Å². The van der Waals surface area contributed by atoms with Gasteiger partial charge in [-0.1, -0.05) is 13.3 Å². The van der Waals surface area contributed by atoms with Gasteiger partial charge in [-0.3, -0.25) is 4.79 Å². The van der Waals surface area contributed by atoms with Gasteiger partial charge < -0.3 is 14.2 Å². The first-order chi connectivity index (χ1) is 12.4. The van der Waals surface area contributed by atoms with E-state index in [2.05, 4.69) is 6.92 Å². The fourth-order valence-electron chi connectivity index (χ4n) is 3.65. The first-order valence-corrected chi connectivity index (χ1v) is 9.87. The van der Waals surface area contributed by atoms with Gasteiger partial charge in [-0.25, -0.2) is 0 Å². The lowest BCUT2D eigenvalue weighted by atomic mass is 9.87. The van der Waals surface area contributed by atoms with Crippen LogP contribution < -0.4 is 0 Å². The van der Waals surface area contributed by atoms with Crippen molar-refractivity contribution >= 4 is 5.97 Å². The maximum atomic E-state index is 12.3. The van der Waals surface area contributed by atoms with Gasteiger partial charge in [-0.05, 0) is 57.8 Å². The van der Waals surface area contributed by atoms with Gasteiger partial charge in [0.25, 0.3) is 0 Å². The van der Waals surface area contributed by atoms with Crippen LogP contribution in [0.5, 0.6) is 0 Å². The van der Waals surface area contributed by atoms with Crippen LogP contribution in [0.3, 0.4) is 0 Å². The fraction of sp³-hybridized carbons (Fsp3) is 0.947. The third kappa shape index (κ3) is 7.82. The Kier molecular flexibility index (Phi) is 8.67. The number of esters is 1. The molecule has 0 unspecified atom stereocenters. The third-order valence-corrected chi connectivity index (χ3v) is 5.25. The summed E-state index contributed by atoms with van der Waals surface area (Å²) in [6.45, 7) is 1.72. The molecule has 0 aromatic rings. The Labute approximate surface area is 153 Å². The maximum absolute atomic E-state index is 12.3. The Balaban J connectivity index is 1.61. The van der Waals surface area contributed by atoms with Crippen LogP contribution in [-0.2, 0) is 19.0 Å². The van der Waals surface area contributed by atoms with Crippen molar-refractivity contribution in [2.45, 2.75) is 95.6 Å². The molecule has 0 radical (unpaired) electrons. The summed E-state index contributed by atoms with van der Waals surface area (Å²) >= 11 is 0.